The van der Waals surface area contributed by atoms with E-state index in [9.17, 15) is 18.0 Å². The Labute approximate surface area is 170 Å². The largest absolute Gasteiger partial charge is 0.352 e. The lowest BCUT2D eigenvalue weighted by Crippen LogP contribution is -2.55. The van der Waals surface area contributed by atoms with Crippen molar-refractivity contribution < 1.29 is 18.0 Å². The van der Waals surface area contributed by atoms with Crippen LogP contribution in [-0.2, 0) is 19.6 Å². The quantitative estimate of drug-likeness (QED) is 0.656. The fourth-order valence-corrected chi connectivity index (χ4v) is 4.39. The number of amides is 2. The summed E-state index contributed by atoms with van der Waals surface area (Å²) in [6.07, 6.45) is 2.11. The monoisotopic (exact) mass is 428 g/mol. The minimum absolute atomic E-state index is 0.0198. The number of piperazine rings is 1. The highest BCUT2D eigenvalue weighted by molar-refractivity contribution is 7.89. The third-order valence-electron chi connectivity index (χ3n) is 4.82. The van der Waals surface area contributed by atoms with Crippen LogP contribution in [0.2, 0.25) is 5.02 Å². The molecule has 2 N–H and O–H groups in total. The first kappa shape index (κ1) is 21.0. The van der Waals surface area contributed by atoms with Gasteiger partial charge in [-0.25, -0.2) is 8.42 Å². The van der Waals surface area contributed by atoms with Crippen LogP contribution >= 0.6 is 11.6 Å². The predicted octanol–water partition coefficient (Wildman–Crippen LogP) is 0.430. The number of benzene rings is 1. The van der Waals surface area contributed by atoms with Crippen molar-refractivity contribution in [3.05, 3.63) is 29.3 Å². The van der Waals surface area contributed by atoms with Crippen LogP contribution in [-0.4, -0.2) is 74.8 Å². The molecule has 28 heavy (non-hydrogen) atoms. The lowest BCUT2D eigenvalue weighted by Gasteiger charge is -2.35. The van der Waals surface area contributed by atoms with E-state index in [0.29, 0.717) is 43.8 Å². The van der Waals surface area contributed by atoms with Gasteiger partial charge in [0.25, 0.3) is 0 Å². The van der Waals surface area contributed by atoms with Crippen molar-refractivity contribution in [3.8, 4) is 0 Å². The summed E-state index contributed by atoms with van der Waals surface area (Å²) < 4.78 is 27.3. The van der Waals surface area contributed by atoms with Crippen molar-refractivity contribution in [1.82, 2.24) is 19.8 Å². The van der Waals surface area contributed by atoms with E-state index in [-0.39, 0.29) is 16.7 Å². The summed E-state index contributed by atoms with van der Waals surface area (Å²) in [6.45, 7) is 3.95. The molecule has 1 atom stereocenters. The summed E-state index contributed by atoms with van der Waals surface area (Å²) in [5, 5.41) is 3.39. The molecule has 0 unspecified atom stereocenters. The van der Waals surface area contributed by atoms with Crippen LogP contribution in [0.5, 0.6) is 0 Å². The molecular weight excluding hydrogens is 404 g/mol. The number of sulfonamides is 1. The summed E-state index contributed by atoms with van der Waals surface area (Å²) in [6, 6.07) is 5.22. The number of nitrogens with one attached hydrogen (secondary N) is 2. The van der Waals surface area contributed by atoms with Gasteiger partial charge in [0.1, 0.15) is 0 Å². The molecular formula is C18H25ClN4O4S. The summed E-state index contributed by atoms with van der Waals surface area (Å²) in [4.78, 5) is 28.2. The van der Waals surface area contributed by atoms with E-state index < -0.39 is 16.1 Å². The Morgan fingerprint density at radius 2 is 1.75 bits per heavy atom. The Morgan fingerprint density at radius 1 is 1.14 bits per heavy atom. The number of carbonyl (C=O) groups excluding carboxylic acids is 2. The molecule has 0 radical (unpaired) electrons. The Morgan fingerprint density at radius 3 is 2.32 bits per heavy atom. The number of rotatable bonds is 7. The van der Waals surface area contributed by atoms with E-state index in [0.717, 1.165) is 12.8 Å². The van der Waals surface area contributed by atoms with E-state index in [4.69, 9.17) is 11.6 Å². The Bertz CT molecular complexity index is 818. The fraction of sp³-hybridized carbons (Fsp3) is 0.556. The van der Waals surface area contributed by atoms with Crippen molar-refractivity contribution in [2.24, 2.45) is 0 Å². The molecule has 1 heterocycles. The number of halogens is 1. The van der Waals surface area contributed by atoms with Crippen molar-refractivity contribution in [2.45, 2.75) is 36.7 Å². The SMILES string of the molecule is C[C@H](NS(=O)(=O)c1ccc(Cl)cc1)C(=O)N1CCN(CC(=O)NC2CC2)CC1. The van der Waals surface area contributed by atoms with Gasteiger partial charge in [0.05, 0.1) is 17.5 Å². The highest BCUT2D eigenvalue weighted by Crippen LogP contribution is 2.18. The molecule has 2 fully saturated rings. The number of carbonyl (C=O) groups is 2. The van der Waals surface area contributed by atoms with E-state index in [1.807, 2.05) is 4.90 Å². The zero-order chi connectivity index (χ0) is 20.3. The van der Waals surface area contributed by atoms with Gasteiger partial charge in [-0.05, 0) is 44.0 Å². The van der Waals surface area contributed by atoms with Crippen molar-refractivity contribution in [2.75, 3.05) is 32.7 Å². The molecule has 8 nitrogen and oxygen atoms in total. The van der Waals surface area contributed by atoms with Crippen LogP contribution in [0.25, 0.3) is 0 Å². The van der Waals surface area contributed by atoms with E-state index >= 15 is 0 Å². The van der Waals surface area contributed by atoms with Gasteiger partial charge in [0, 0.05) is 37.2 Å². The van der Waals surface area contributed by atoms with Gasteiger partial charge in [-0.15, -0.1) is 0 Å². The lowest BCUT2D eigenvalue weighted by atomic mass is 10.2. The molecule has 2 amide bonds. The van der Waals surface area contributed by atoms with Crippen LogP contribution in [0.4, 0.5) is 0 Å². The van der Waals surface area contributed by atoms with Crippen LogP contribution < -0.4 is 10.0 Å². The second-order valence-electron chi connectivity index (χ2n) is 7.24. The maximum atomic E-state index is 12.6. The van der Waals surface area contributed by atoms with Gasteiger partial charge >= 0.3 is 0 Å². The third kappa shape index (κ3) is 5.66. The van der Waals surface area contributed by atoms with E-state index in [2.05, 4.69) is 10.0 Å². The molecule has 0 spiro atoms. The normalized spacial score (nSPS) is 19.3. The average Bonchev–Trinajstić information content (AvgIpc) is 3.45. The zero-order valence-electron chi connectivity index (χ0n) is 15.7. The highest BCUT2D eigenvalue weighted by atomic mass is 35.5. The second kappa shape index (κ2) is 8.77. The molecule has 10 heteroatoms. The van der Waals surface area contributed by atoms with Gasteiger partial charge in [0.2, 0.25) is 21.8 Å². The standard InChI is InChI=1S/C18H25ClN4O4S/c1-13(21-28(26,27)16-6-2-14(19)3-7-16)18(25)23-10-8-22(9-11-23)12-17(24)20-15-4-5-15/h2-3,6-7,13,15,21H,4-5,8-12H2,1H3,(H,20,24)/t13-/m0/s1. The fourth-order valence-electron chi connectivity index (χ4n) is 3.07. The average molecular weight is 429 g/mol. The lowest BCUT2D eigenvalue weighted by molar-refractivity contribution is -0.134. The minimum Gasteiger partial charge on any atom is -0.352 e. The first-order valence-corrected chi connectivity index (χ1v) is 11.2. The summed E-state index contributed by atoms with van der Waals surface area (Å²) in [5.74, 6) is -0.258. The molecule has 0 aromatic heterocycles. The second-order valence-corrected chi connectivity index (χ2v) is 9.39. The van der Waals surface area contributed by atoms with Crippen molar-refractivity contribution >= 4 is 33.4 Å². The molecule has 1 aliphatic carbocycles. The Hall–Kier alpha value is -1.68. The van der Waals surface area contributed by atoms with Gasteiger partial charge < -0.3 is 10.2 Å². The first-order valence-electron chi connectivity index (χ1n) is 9.33. The van der Waals surface area contributed by atoms with Gasteiger partial charge in [0.15, 0.2) is 0 Å². The topological polar surface area (TPSA) is 98.8 Å². The zero-order valence-corrected chi connectivity index (χ0v) is 17.3. The van der Waals surface area contributed by atoms with Gasteiger partial charge in [-0.2, -0.15) is 4.72 Å². The van der Waals surface area contributed by atoms with Gasteiger partial charge in [-0.1, -0.05) is 11.6 Å². The summed E-state index contributed by atoms with van der Waals surface area (Å²) >= 11 is 5.79. The maximum absolute atomic E-state index is 12.6. The maximum Gasteiger partial charge on any atom is 0.241 e. The molecule has 154 valence electrons. The molecule has 1 aromatic carbocycles. The van der Waals surface area contributed by atoms with E-state index in [1.165, 1.54) is 31.2 Å². The van der Waals surface area contributed by atoms with Crippen LogP contribution in [0, 0.1) is 0 Å². The molecule has 1 saturated carbocycles. The van der Waals surface area contributed by atoms with Crippen LogP contribution in [0.1, 0.15) is 19.8 Å². The Kier molecular flexibility index (Phi) is 6.59. The molecule has 1 aliphatic heterocycles. The van der Waals surface area contributed by atoms with Crippen LogP contribution in [0.3, 0.4) is 0 Å². The smallest absolute Gasteiger partial charge is 0.241 e. The van der Waals surface area contributed by atoms with Crippen molar-refractivity contribution in [3.63, 3.8) is 0 Å². The Balaban J connectivity index is 1.48. The first-order chi connectivity index (χ1) is 13.2. The molecule has 2 aliphatic rings. The highest BCUT2D eigenvalue weighted by Gasteiger charge is 2.29. The predicted molar refractivity (Wildman–Crippen MR) is 105 cm³/mol. The minimum atomic E-state index is -3.81. The number of hydrogen-bond donors (Lipinski definition) is 2. The molecule has 3 rings (SSSR count). The van der Waals surface area contributed by atoms with Gasteiger partial charge in [-0.3, -0.25) is 14.5 Å². The van der Waals surface area contributed by atoms with Crippen molar-refractivity contribution in [1.29, 1.82) is 0 Å². The number of nitrogens with zero attached hydrogens (tertiary/aromatic N) is 2. The molecule has 1 aromatic rings. The molecule has 1 saturated heterocycles. The third-order valence-corrected chi connectivity index (χ3v) is 6.63. The van der Waals surface area contributed by atoms with E-state index in [1.54, 1.807) is 4.90 Å². The number of hydrogen-bond acceptors (Lipinski definition) is 5. The summed E-state index contributed by atoms with van der Waals surface area (Å²) in [7, 11) is -3.81. The summed E-state index contributed by atoms with van der Waals surface area (Å²) in [5.41, 5.74) is 0. The van der Waals surface area contributed by atoms with Crippen LogP contribution in [0.15, 0.2) is 29.2 Å². The molecule has 0 bridgehead atoms.